The minimum absolute atomic E-state index is 0.0456. The Morgan fingerprint density at radius 3 is 1.99 bits per heavy atom. The molecule has 6 aromatic carbocycles. The highest BCUT2D eigenvalue weighted by molar-refractivity contribution is 6.27. The van der Waals surface area contributed by atoms with E-state index in [-0.39, 0.29) is 5.92 Å². The number of nitrogens with zero attached hydrogens (tertiary/aromatic N) is 7. The van der Waals surface area contributed by atoms with Gasteiger partial charge in [0.1, 0.15) is 12.7 Å². The van der Waals surface area contributed by atoms with Crippen molar-refractivity contribution >= 4 is 71.6 Å². The third kappa shape index (κ3) is 7.58. The molecule has 6 heterocycles. The number of allylic oxidation sites excluding steroid dienone is 10. The lowest BCUT2D eigenvalue weighted by Gasteiger charge is -2.25. The van der Waals surface area contributed by atoms with Gasteiger partial charge in [-0.25, -0.2) is 19.9 Å². The van der Waals surface area contributed by atoms with Crippen LogP contribution in [0.5, 0.6) is 0 Å². The van der Waals surface area contributed by atoms with Crippen molar-refractivity contribution in [2.45, 2.75) is 25.2 Å². The van der Waals surface area contributed by atoms with Crippen LogP contribution in [0.3, 0.4) is 0 Å². The van der Waals surface area contributed by atoms with Gasteiger partial charge in [0.25, 0.3) is 0 Å². The van der Waals surface area contributed by atoms with Crippen LogP contribution in [0, 0.1) is 0 Å². The number of para-hydroxylation sites is 3. The van der Waals surface area contributed by atoms with Crippen LogP contribution in [-0.2, 0) is 0 Å². The molecule has 0 radical (unpaired) electrons. The molecular formula is C66H48N8. The highest BCUT2D eigenvalue weighted by atomic mass is 15.0. The Morgan fingerprint density at radius 2 is 1.18 bits per heavy atom. The van der Waals surface area contributed by atoms with Crippen LogP contribution in [0.2, 0.25) is 0 Å². The van der Waals surface area contributed by atoms with Gasteiger partial charge in [0.2, 0.25) is 0 Å². The highest BCUT2D eigenvalue weighted by Crippen LogP contribution is 2.49. The lowest BCUT2D eigenvalue weighted by atomic mass is 9.79. The smallest absolute Gasteiger partial charge is 0.115 e. The number of aromatic nitrogens is 7. The van der Waals surface area contributed by atoms with Gasteiger partial charge in [-0.05, 0) is 118 Å². The summed E-state index contributed by atoms with van der Waals surface area (Å²) in [6.07, 6.45) is 33.3. The van der Waals surface area contributed by atoms with Crippen molar-refractivity contribution in [1.82, 2.24) is 39.4 Å². The number of pyridine rings is 1. The van der Waals surface area contributed by atoms with Gasteiger partial charge in [-0.2, -0.15) is 0 Å². The predicted octanol–water partition coefficient (Wildman–Crippen LogP) is 15.1. The maximum atomic E-state index is 4.70. The van der Waals surface area contributed by atoms with Crippen molar-refractivity contribution in [3.05, 3.63) is 260 Å². The second-order valence-corrected chi connectivity index (χ2v) is 19.4. The Balaban J connectivity index is 1.00. The number of benzene rings is 6. The van der Waals surface area contributed by atoms with Crippen molar-refractivity contribution in [3.63, 3.8) is 0 Å². The Kier molecular flexibility index (Phi) is 10.7. The summed E-state index contributed by atoms with van der Waals surface area (Å²) in [4.78, 5) is 21.9. The van der Waals surface area contributed by atoms with Gasteiger partial charge in [-0.3, -0.25) is 4.98 Å². The molecule has 0 fully saturated rings. The molecule has 0 saturated carbocycles. The molecule has 0 bridgehead atoms. The molecule has 8 nitrogen and oxygen atoms in total. The fraction of sp³-hybridized carbons (Fsp3) is 0.0758. The first kappa shape index (κ1) is 43.3. The molecule has 1 N–H and O–H groups in total. The van der Waals surface area contributed by atoms with E-state index in [1.54, 1.807) is 12.7 Å². The minimum atomic E-state index is 0.0456. The van der Waals surface area contributed by atoms with E-state index in [1.807, 2.05) is 37.2 Å². The summed E-state index contributed by atoms with van der Waals surface area (Å²) in [5, 5.41) is 8.52. The van der Waals surface area contributed by atoms with Gasteiger partial charge < -0.3 is 14.5 Å². The summed E-state index contributed by atoms with van der Waals surface area (Å²) in [6, 6.07) is 51.7. The predicted molar refractivity (Wildman–Crippen MR) is 303 cm³/mol. The Labute approximate surface area is 428 Å². The maximum Gasteiger partial charge on any atom is 0.115 e. The van der Waals surface area contributed by atoms with E-state index >= 15 is 0 Å². The standard InChI is InChI=1S/C66H48N8/c1-3-17-56(18-4-1)73-62-23-9-7-21-58(62)61-32-60(64-59-22-8-10-24-63(59)74(66(64)65(61)73)57-19-5-2-6-20-57)49-28-47(43-13-11-15-45(25-43)50-30-52(35-67-33-50)54-37-69-41-70-38-54)27-48(29-49)44-14-12-16-46(26-44)51-31-53(36-68-34-51)55-39-71-42-72-40-55/h1-3,5-17,19-28,30-32,34-42,48,67H,4,18,29,33H2. The molecule has 1 aliphatic heterocycles. The summed E-state index contributed by atoms with van der Waals surface area (Å²) in [5.41, 5.74) is 21.9. The summed E-state index contributed by atoms with van der Waals surface area (Å²) in [7, 11) is 0. The van der Waals surface area contributed by atoms with Crippen LogP contribution >= 0.6 is 0 Å². The zero-order valence-corrected chi connectivity index (χ0v) is 40.5. The number of hydrogen-bond acceptors (Lipinski definition) is 6. The first-order valence-electron chi connectivity index (χ1n) is 25.3. The van der Waals surface area contributed by atoms with Crippen LogP contribution < -0.4 is 5.32 Å². The molecule has 1 atom stereocenters. The monoisotopic (exact) mass is 952 g/mol. The first-order valence-corrected chi connectivity index (χ1v) is 25.3. The molecule has 3 aliphatic rings. The zero-order chi connectivity index (χ0) is 49.0. The fourth-order valence-corrected chi connectivity index (χ4v) is 11.6. The molecule has 14 rings (SSSR count). The third-order valence-corrected chi connectivity index (χ3v) is 15.0. The summed E-state index contributed by atoms with van der Waals surface area (Å²) < 4.78 is 5.09. The van der Waals surface area contributed by atoms with Crippen molar-refractivity contribution in [1.29, 1.82) is 0 Å². The zero-order valence-electron chi connectivity index (χ0n) is 40.5. The number of nitrogens with one attached hydrogen (secondary N) is 1. The SMILES string of the molecule is C1=CCCC(n2c3ccccc3c3cc(C4=CC(c5cccc(C6=CC(c7cncnc7)=CNC6)c5)=CC(c5cccc(-c6cncc(-c7cncnc7)c6)c5)C4)c4c5ccccc5n(-c5ccccc5)c4c32)=C1. The van der Waals surface area contributed by atoms with Crippen molar-refractivity contribution in [2.75, 3.05) is 6.54 Å². The molecule has 74 heavy (non-hydrogen) atoms. The van der Waals surface area contributed by atoms with Crippen LogP contribution in [0.1, 0.15) is 53.0 Å². The molecule has 1 unspecified atom stereocenters. The molecule has 2 aliphatic carbocycles. The van der Waals surface area contributed by atoms with Gasteiger partial charge in [-0.1, -0.05) is 121 Å². The highest BCUT2D eigenvalue weighted by Gasteiger charge is 2.28. The van der Waals surface area contributed by atoms with Gasteiger partial charge in [0.05, 0.1) is 22.1 Å². The van der Waals surface area contributed by atoms with E-state index in [4.69, 9.17) is 4.98 Å². The van der Waals surface area contributed by atoms with Crippen LogP contribution in [-0.4, -0.2) is 40.6 Å². The van der Waals surface area contributed by atoms with Gasteiger partial charge in [-0.15, -0.1) is 0 Å². The largest absolute Gasteiger partial charge is 0.386 e. The molecule has 352 valence electrons. The van der Waals surface area contributed by atoms with E-state index < -0.39 is 0 Å². The lowest BCUT2D eigenvalue weighted by Crippen LogP contribution is -2.14. The van der Waals surface area contributed by atoms with Gasteiger partial charge in [0, 0.05) is 117 Å². The number of fused-ring (bicyclic) bond motifs is 7. The van der Waals surface area contributed by atoms with E-state index in [2.05, 4.69) is 217 Å². The van der Waals surface area contributed by atoms with Crippen LogP contribution in [0.15, 0.2) is 232 Å². The van der Waals surface area contributed by atoms with Crippen LogP contribution in [0.4, 0.5) is 0 Å². The first-order chi connectivity index (χ1) is 36.7. The summed E-state index contributed by atoms with van der Waals surface area (Å²) in [5.74, 6) is 0.0456. The third-order valence-electron chi connectivity index (χ3n) is 15.0. The summed E-state index contributed by atoms with van der Waals surface area (Å²) >= 11 is 0. The minimum Gasteiger partial charge on any atom is -0.386 e. The molecular weight excluding hydrogens is 905 g/mol. The molecule has 0 spiro atoms. The van der Waals surface area contributed by atoms with E-state index in [9.17, 15) is 0 Å². The van der Waals surface area contributed by atoms with Crippen LogP contribution in [0.25, 0.3) is 99.5 Å². The molecule has 0 amide bonds. The lowest BCUT2D eigenvalue weighted by molar-refractivity contribution is 0.872. The normalized spacial score (nSPS) is 15.7. The van der Waals surface area contributed by atoms with Gasteiger partial charge >= 0.3 is 0 Å². The molecule has 5 aromatic heterocycles. The number of dihydropyridines is 1. The number of rotatable bonds is 9. The average Bonchev–Trinajstić information content (AvgIpc) is 4.10. The van der Waals surface area contributed by atoms with E-state index in [0.29, 0.717) is 6.54 Å². The van der Waals surface area contributed by atoms with Crippen molar-refractivity contribution in [2.24, 2.45) is 0 Å². The molecule has 11 aromatic rings. The Hall–Kier alpha value is -9.53. The van der Waals surface area contributed by atoms with Crippen molar-refractivity contribution in [3.8, 4) is 27.9 Å². The average molecular weight is 953 g/mol. The van der Waals surface area contributed by atoms with E-state index in [1.165, 1.54) is 88.3 Å². The summed E-state index contributed by atoms with van der Waals surface area (Å²) in [6.45, 7) is 0.716. The van der Waals surface area contributed by atoms with Gasteiger partial charge in [0.15, 0.2) is 0 Å². The Bertz CT molecular complexity index is 4210. The fourth-order valence-electron chi connectivity index (χ4n) is 11.6. The topological polar surface area (TPSA) is 86.3 Å². The Morgan fingerprint density at radius 1 is 0.500 bits per heavy atom. The van der Waals surface area contributed by atoms with Crippen molar-refractivity contribution < 1.29 is 0 Å². The second kappa shape index (κ2) is 18.3. The number of hydrogen-bond donors (Lipinski definition) is 1. The molecule has 0 saturated heterocycles. The van der Waals surface area contributed by atoms with E-state index in [0.717, 1.165) is 58.3 Å². The quantitative estimate of drug-likeness (QED) is 0.155. The molecule has 8 heteroatoms. The second-order valence-electron chi connectivity index (χ2n) is 19.4. The maximum absolute atomic E-state index is 4.70.